The van der Waals surface area contributed by atoms with Gasteiger partial charge in [0.15, 0.2) is 0 Å². The summed E-state index contributed by atoms with van der Waals surface area (Å²) in [5, 5.41) is 8.65. The zero-order valence-electron chi connectivity index (χ0n) is 10.6. The van der Waals surface area contributed by atoms with E-state index in [0.29, 0.717) is 6.42 Å². The van der Waals surface area contributed by atoms with Crippen molar-refractivity contribution >= 4 is 0 Å². The van der Waals surface area contributed by atoms with Gasteiger partial charge in [-0.2, -0.15) is 5.26 Å². The summed E-state index contributed by atoms with van der Waals surface area (Å²) in [5.74, 6) is 0.869. The first-order valence-corrected chi connectivity index (χ1v) is 5.85. The molecule has 2 aromatic rings. The Labute approximate surface area is 107 Å². The summed E-state index contributed by atoms with van der Waals surface area (Å²) in [5.41, 5.74) is 4.43. The lowest BCUT2D eigenvalue weighted by atomic mass is 10.0. The average Bonchev–Trinajstić information content (AvgIpc) is 2.40. The number of nitriles is 1. The SMILES string of the molecule is COc1ccc(C)cc1-c1ccc(CC#N)cc1. The van der Waals surface area contributed by atoms with Crippen molar-refractivity contribution in [2.45, 2.75) is 13.3 Å². The van der Waals surface area contributed by atoms with Crippen LogP contribution in [0.2, 0.25) is 0 Å². The van der Waals surface area contributed by atoms with Gasteiger partial charge in [0.2, 0.25) is 0 Å². The smallest absolute Gasteiger partial charge is 0.126 e. The van der Waals surface area contributed by atoms with E-state index in [9.17, 15) is 0 Å². The molecule has 0 saturated carbocycles. The van der Waals surface area contributed by atoms with Crippen LogP contribution < -0.4 is 4.74 Å². The number of benzene rings is 2. The van der Waals surface area contributed by atoms with E-state index in [1.807, 2.05) is 36.4 Å². The standard InChI is InChI=1S/C16H15NO/c1-12-3-8-16(18-2)15(11-12)14-6-4-13(5-7-14)9-10-17/h3-8,11H,9H2,1-2H3. The van der Waals surface area contributed by atoms with Crippen LogP contribution in [0.3, 0.4) is 0 Å². The second-order valence-electron chi connectivity index (χ2n) is 4.24. The number of aryl methyl sites for hydroxylation is 1. The van der Waals surface area contributed by atoms with Crippen molar-refractivity contribution in [2.75, 3.05) is 7.11 Å². The number of hydrogen-bond donors (Lipinski definition) is 0. The molecule has 2 heteroatoms. The van der Waals surface area contributed by atoms with E-state index in [4.69, 9.17) is 10.00 Å². The molecule has 0 aliphatic heterocycles. The van der Waals surface area contributed by atoms with Gasteiger partial charge in [0, 0.05) is 5.56 Å². The van der Waals surface area contributed by atoms with Crippen molar-refractivity contribution in [1.82, 2.24) is 0 Å². The molecule has 0 fully saturated rings. The minimum atomic E-state index is 0.450. The normalized spacial score (nSPS) is 9.83. The summed E-state index contributed by atoms with van der Waals surface area (Å²) in [6.07, 6.45) is 0.450. The molecule has 0 atom stereocenters. The highest BCUT2D eigenvalue weighted by atomic mass is 16.5. The highest BCUT2D eigenvalue weighted by molar-refractivity contribution is 5.71. The fourth-order valence-corrected chi connectivity index (χ4v) is 1.94. The summed E-state index contributed by atoms with van der Waals surface area (Å²) in [7, 11) is 1.68. The Hall–Kier alpha value is -2.27. The molecule has 0 aromatic heterocycles. The molecule has 0 amide bonds. The van der Waals surface area contributed by atoms with Crippen LogP contribution in [0.4, 0.5) is 0 Å². The number of hydrogen-bond acceptors (Lipinski definition) is 2. The zero-order valence-corrected chi connectivity index (χ0v) is 10.6. The maximum absolute atomic E-state index is 8.65. The van der Waals surface area contributed by atoms with Crippen LogP contribution in [0.1, 0.15) is 11.1 Å². The molecule has 0 N–H and O–H groups in total. The predicted molar refractivity (Wildman–Crippen MR) is 72.5 cm³/mol. The molecule has 0 aliphatic rings. The van der Waals surface area contributed by atoms with Gasteiger partial charge in [-0.3, -0.25) is 0 Å². The van der Waals surface area contributed by atoms with Crippen LogP contribution >= 0.6 is 0 Å². The lowest BCUT2D eigenvalue weighted by Gasteiger charge is -2.10. The highest BCUT2D eigenvalue weighted by Crippen LogP contribution is 2.30. The van der Waals surface area contributed by atoms with E-state index in [0.717, 1.165) is 22.4 Å². The van der Waals surface area contributed by atoms with Gasteiger partial charge in [-0.15, -0.1) is 0 Å². The molecule has 0 spiro atoms. The van der Waals surface area contributed by atoms with Crippen molar-refractivity contribution in [2.24, 2.45) is 0 Å². The quantitative estimate of drug-likeness (QED) is 0.814. The van der Waals surface area contributed by atoms with Crippen LogP contribution in [0.15, 0.2) is 42.5 Å². The minimum absolute atomic E-state index is 0.450. The van der Waals surface area contributed by atoms with Gasteiger partial charge in [0.25, 0.3) is 0 Å². The number of nitrogens with zero attached hydrogens (tertiary/aromatic N) is 1. The van der Waals surface area contributed by atoms with Crippen LogP contribution in [0, 0.1) is 18.3 Å². The first-order valence-electron chi connectivity index (χ1n) is 5.85. The molecular weight excluding hydrogens is 222 g/mol. The van der Waals surface area contributed by atoms with E-state index in [1.54, 1.807) is 7.11 Å². The number of ether oxygens (including phenoxy) is 1. The Kier molecular flexibility index (Phi) is 3.64. The van der Waals surface area contributed by atoms with Crippen molar-refractivity contribution < 1.29 is 4.74 Å². The second kappa shape index (κ2) is 5.37. The fraction of sp³-hybridized carbons (Fsp3) is 0.188. The summed E-state index contributed by atoms with van der Waals surface area (Å²) in [6, 6.07) is 16.3. The first-order chi connectivity index (χ1) is 8.74. The maximum atomic E-state index is 8.65. The molecule has 0 radical (unpaired) electrons. The summed E-state index contributed by atoms with van der Waals surface area (Å²) in [6.45, 7) is 2.06. The molecule has 0 saturated heterocycles. The van der Waals surface area contributed by atoms with Gasteiger partial charge in [-0.05, 0) is 30.2 Å². The first kappa shape index (κ1) is 12.2. The molecule has 2 nitrogen and oxygen atoms in total. The predicted octanol–water partition coefficient (Wildman–Crippen LogP) is 3.74. The van der Waals surface area contributed by atoms with Crippen molar-refractivity contribution in [3.63, 3.8) is 0 Å². The topological polar surface area (TPSA) is 33.0 Å². The number of methoxy groups -OCH3 is 1. The van der Waals surface area contributed by atoms with Crippen molar-refractivity contribution in [1.29, 1.82) is 5.26 Å². The summed E-state index contributed by atoms with van der Waals surface area (Å²) >= 11 is 0. The van der Waals surface area contributed by atoms with E-state index >= 15 is 0 Å². The third-order valence-corrected chi connectivity index (χ3v) is 2.90. The van der Waals surface area contributed by atoms with Crippen LogP contribution in [0.5, 0.6) is 5.75 Å². The molecular formula is C16H15NO. The summed E-state index contributed by atoms with van der Waals surface area (Å²) < 4.78 is 5.38. The molecule has 0 bridgehead atoms. The van der Waals surface area contributed by atoms with Crippen LogP contribution in [-0.2, 0) is 6.42 Å². The Balaban J connectivity index is 2.42. The van der Waals surface area contributed by atoms with Gasteiger partial charge in [-0.25, -0.2) is 0 Å². The number of rotatable bonds is 3. The fourth-order valence-electron chi connectivity index (χ4n) is 1.94. The Bertz CT molecular complexity index is 579. The largest absolute Gasteiger partial charge is 0.496 e. The van der Waals surface area contributed by atoms with E-state index < -0.39 is 0 Å². The molecule has 0 heterocycles. The van der Waals surface area contributed by atoms with Crippen LogP contribution in [0.25, 0.3) is 11.1 Å². The van der Waals surface area contributed by atoms with E-state index in [-0.39, 0.29) is 0 Å². The molecule has 2 rings (SSSR count). The molecule has 18 heavy (non-hydrogen) atoms. The third-order valence-electron chi connectivity index (χ3n) is 2.90. The second-order valence-corrected chi connectivity index (χ2v) is 4.24. The third kappa shape index (κ3) is 2.52. The average molecular weight is 237 g/mol. The van der Waals surface area contributed by atoms with Crippen molar-refractivity contribution in [3.8, 4) is 22.9 Å². The Morgan fingerprint density at radius 1 is 1.11 bits per heavy atom. The zero-order chi connectivity index (χ0) is 13.0. The Morgan fingerprint density at radius 3 is 2.44 bits per heavy atom. The molecule has 0 aliphatic carbocycles. The van der Waals surface area contributed by atoms with Crippen LogP contribution in [-0.4, -0.2) is 7.11 Å². The van der Waals surface area contributed by atoms with Gasteiger partial charge in [-0.1, -0.05) is 35.9 Å². The van der Waals surface area contributed by atoms with Crippen molar-refractivity contribution in [3.05, 3.63) is 53.6 Å². The molecule has 90 valence electrons. The van der Waals surface area contributed by atoms with Gasteiger partial charge < -0.3 is 4.74 Å². The molecule has 0 unspecified atom stereocenters. The highest BCUT2D eigenvalue weighted by Gasteiger charge is 2.05. The van der Waals surface area contributed by atoms with Gasteiger partial charge in [0.1, 0.15) is 5.75 Å². The monoisotopic (exact) mass is 237 g/mol. The van der Waals surface area contributed by atoms with Gasteiger partial charge >= 0.3 is 0 Å². The maximum Gasteiger partial charge on any atom is 0.126 e. The lowest BCUT2D eigenvalue weighted by molar-refractivity contribution is 0.416. The summed E-state index contributed by atoms with van der Waals surface area (Å²) in [4.78, 5) is 0. The lowest BCUT2D eigenvalue weighted by Crippen LogP contribution is -1.89. The van der Waals surface area contributed by atoms with E-state index in [1.165, 1.54) is 5.56 Å². The Morgan fingerprint density at radius 2 is 1.83 bits per heavy atom. The van der Waals surface area contributed by atoms with Gasteiger partial charge in [0.05, 0.1) is 19.6 Å². The minimum Gasteiger partial charge on any atom is -0.496 e. The van der Waals surface area contributed by atoms with E-state index in [2.05, 4.69) is 19.1 Å². The molecule has 2 aromatic carbocycles.